The first-order valence-corrected chi connectivity index (χ1v) is 15.7. The molecule has 4 N–H and O–H groups in total. The second-order valence-corrected chi connectivity index (χ2v) is 12.8. The van der Waals surface area contributed by atoms with Gasteiger partial charge in [-0.2, -0.15) is 0 Å². The summed E-state index contributed by atoms with van der Waals surface area (Å²) < 4.78 is 0.991. The molecule has 1 aromatic carbocycles. The predicted octanol–water partition coefficient (Wildman–Crippen LogP) is 3.71. The van der Waals surface area contributed by atoms with E-state index in [0.717, 1.165) is 42.2 Å². The van der Waals surface area contributed by atoms with Crippen LogP contribution in [0.5, 0.6) is 0 Å². The number of carbonyl (C=O) groups is 5. The molecule has 10 heteroatoms. The fourth-order valence-electron chi connectivity index (χ4n) is 5.85. The molecule has 1 aromatic heterocycles. The van der Waals surface area contributed by atoms with Crippen LogP contribution in [0.25, 0.3) is 10.1 Å². The Labute approximate surface area is 245 Å². The lowest BCUT2D eigenvalue weighted by Crippen LogP contribution is -2.56. The van der Waals surface area contributed by atoms with Gasteiger partial charge in [0.15, 0.2) is 0 Å². The van der Waals surface area contributed by atoms with Gasteiger partial charge in [0, 0.05) is 17.2 Å². The van der Waals surface area contributed by atoms with E-state index in [2.05, 4.69) is 21.3 Å². The highest BCUT2D eigenvalue weighted by Gasteiger charge is 2.32. The fourth-order valence-corrected chi connectivity index (χ4v) is 6.81. The zero-order chi connectivity index (χ0) is 29.4. The van der Waals surface area contributed by atoms with Gasteiger partial charge in [-0.15, -0.1) is 11.3 Å². The molecule has 0 spiro atoms. The number of hydrogen-bond acceptors (Lipinski definition) is 6. The van der Waals surface area contributed by atoms with Gasteiger partial charge in [0.1, 0.15) is 18.4 Å². The molecule has 0 bridgehead atoms. The second-order valence-electron chi connectivity index (χ2n) is 11.7. The molecule has 41 heavy (non-hydrogen) atoms. The van der Waals surface area contributed by atoms with Gasteiger partial charge in [-0.25, -0.2) is 0 Å². The van der Waals surface area contributed by atoms with Gasteiger partial charge in [0.25, 0.3) is 5.91 Å². The van der Waals surface area contributed by atoms with Crippen LogP contribution in [-0.2, 0) is 19.2 Å². The maximum Gasteiger partial charge on any atom is 0.262 e. The highest BCUT2D eigenvalue weighted by atomic mass is 32.1. The van der Waals surface area contributed by atoms with Crippen LogP contribution in [0.1, 0.15) is 81.3 Å². The van der Waals surface area contributed by atoms with E-state index in [4.69, 9.17) is 0 Å². The number of aldehydes is 1. The van der Waals surface area contributed by atoms with Crippen molar-refractivity contribution in [3.8, 4) is 0 Å². The highest BCUT2D eigenvalue weighted by Crippen LogP contribution is 2.28. The zero-order valence-electron chi connectivity index (χ0n) is 23.9. The molecule has 4 atom stereocenters. The quantitative estimate of drug-likeness (QED) is 0.267. The SMILES string of the molecule is CC(C)[C@H](NC(=O)c1cc2ccccc2s1)C(=O)N[C@@H](CC1CCCCC1)C(=O)N[C@H](C=O)CC[C@@H]1CCNC1=O. The molecule has 9 nitrogen and oxygen atoms in total. The van der Waals surface area contributed by atoms with Crippen molar-refractivity contribution in [2.75, 3.05) is 6.54 Å². The molecular formula is C31H42N4O5S. The number of hydrogen-bond donors (Lipinski definition) is 4. The van der Waals surface area contributed by atoms with Crippen LogP contribution in [0.4, 0.5) is 0 Å². The molecule has 1 aliphatic heterocycles. The van der Waals surface area contributed by atoms with Crippen LogP contribution >= 0.6 is 11.3 Å². The summed E-state index contributed by atoms with van der Waals surface area (Å²) in [5, 5.41) is 12.4. The first-order chi connectivity index (χ1) is 19.7. The number of fused-ring (bicyclic) bond motifs is 1. The second kappa shape index (κ2) is 14.6. The average Bonchev–Trinajstić information content (AvgIpc) is 3.59. The van der Waals surface area contributed by atoms with Crippen LogP contribution in [0.3, 0.4) is 0 Å². The molecule has 4 rings (SSSR count). The largest absolute Gasteiger partial charge is 0.356 e. The van der Waals surface area contributed by atoms with Crippen molar-refractivity contribution < 1.29 is 24.0 Å². The lowest BCUT2D eigenvalue weighted by Gasteiger charge is -2.29. The zero-order valence-corrected chi connectivity index (χ0v) is 24.8. The van der Waals surface area contributed by atoms with Gasteiger partial charge in [0.2, 0.25) is 17.7 Å². The molecule has 2 heterocycles. The Morgan fingerprint density at radius 3 is 2.44 bits per heavy atom. The lowest BCUT2D eigenvalue weighted by atomic mass is 9.84. The van der Waals surface area contributed by atoms with E-state index < -0.39 is 29.9 Å². The van der Waals surface area contributed by atoms with Gasteiger partial charge < -0.3 is 26.1 Å². The monoisotopic (exact) mass is 582 g/mol. The summed E-state index contributed by atoms with van der Waals surface area (Å²) in [7, 11) is 0. The van der Waals surface area contributed by atoms with E-state index in [-0.39, 0.29) is 23.7 Å². The van der Waals surface area contributed by atoms with E-state index in [1.54, 1.807) is 0 Å². The molecule has 1 saturated carbocycles. The van der Waals surface area contributed by atoms with Crippen molar-refractivity contribution in [1.29, 1.82) is 0 Å². The summed E-state index contributed by atoms with van der Waals surface area (Å²) in [5.41, 5.74) is 0. The lowest BCUT2D eigenvalue weighted by molar-refractivity contribution is -0.132. The maximum atomic E-state index is 13.6. The van der Waals surface area contributed by atoms with Gasteiger partial charge in [-0.3, -0.25) is 19.2 Å². The van der Waals surface area contributed by atoms with Gasteiger partial charge >= 0.3 is 0 Å². The standard InChI is InChI=1S/C31H42N4O5S/c1-19(2)27(35-30(39)26-17-22-10-6-7-11-25(22)41-26)31(40)34-24(16-20-8-4-3-5-9-20)29(38)33-23(18-36)13-12-21-14-15-32-28(21)37/h6-7,10-11,17-21,23-24,27H,3-5,8-9,12-16H2,1-2H3,(H,32,37)(H,33,38)(H,34,40)(H,35,39)/t21-,23+,24+,27+/m1/s1. The summed E-state index contributed by atoms with van der Waals surface area (Å²) in [5.74, 6) is -1.24. The Bertz CT molecular complexity index is 1210. The number of nitrogens with one attached hydrogen (secondary N) is 4. The number of benzene rings is 1. The van der Waals surface area contributed by atoms with Crippen LogP contribution < -0.4 is 21.3 Å². The molecule has 0 radical (unpaired) electrons. The molecule has 0 unspecified atom stereocenters. The van der Waals surface area contributed by atoms with Crippen LogP contribution in [0, 0.1) is 17.8 Å². The Balaban J connectivity index is 1.42. The smallest absolute Gasteiger partial charge is 0.262 e. The molecule has 1 aliphatic carbocycles. The third kappa shape index (κ3) is 8.38. The van der Waals surface area contributed by atoms with Gasteiger partial charge in [-0.1, -0.05) is 64.2 Å². The molecule has 222 valence electrons. The molecule has 4 amide bonds. The molecule has 2 aliphatic rings. The van der Waals surface area contributed by atoms with E-state index in [1.165, 1.54) is 17.8 Å². The maximum absolute atomic E-state index is 13.6. The first kappa shape index (κ1) is 30.7. The van der Waals surface area contributed by atoms with Crippen molar-refractivity contribution in [2.24, 2.45) is 17.8 Å². The van der Waals surface area contributed by atoms with E-state index in [0.29, 0.717) is 42.9 Å². The summed E-state index contributed by atoms with van der Waals surface area (Å²) in [4.78, 5) is 64.4. The van der Waals surface area contributed by atoms with Crippen LogP contribution in [-0.4, -0.2) is 54.6 Å². The highest BCUT2D eigenvalue weighted by molar-refractivity contribution is 7.20. The summed E-state index contributed by atoms with van der Waals surface area (Å²) in [6.45, 7) is 4.34. The number of thiophene rings is 1. The third-order valence-corrected chi connectivity index (χ3v) is 9.41. The molecule has 2 aromatic rings. The van der Waals surface area contributed by atoms with Crippen molar-refractivity contribution in [1.82, 2.24) is 21.3 Å². The predicted molar refractivity (Wildman–Crippen MR) is 159 cm³/mol. The van der Waals surface area contributed by atoms with Gasteiger partial charge in [0.05, 0.1) is 10.9 Å². The van der Waals surface area contributed by atoms with E-state index in [1.807, 2.05) is 44.2 Å². The Morgan fingerprint density at radius 1 is 1.02 bits per heavy atom. The summed E-state index contributed by atoms with van der Waals surface area (Å²) >= 11 is 1.37. The van der Waals surface area contributed by atoms with Crippen molar-refractivity contribution in [3.63, 3.8) is 0 Å². The van der Waals surface area contributed by atoms with Crippen LogP contribution in [0.2, 0.25) is 0 Å². The number of rotatable bonds is 13. The third-order valence-electron chi connectivity index (χ3n) is 8.29. The molecular weight excluding hydrogens is 540 g/mol. The van der Waals surface area contributed by atoms with Crippen molar-refractivity contribution >= 4 is 51.3 Å². The Hall–Kier alpha value is -3.27. The van der Waals surface area contributed by atoms with E-state index in [9.17, 15) is 24.0 Å². The minimum atomic E-state index is -0.836. The normalized spacial score (nSPS) is 19.8. The van der Waals surface area contributed by atoms with Crippen LogP contribution in [0.15, 0.2) is 30.3 Å². The molecule has 2 fully saturated rings. The average molecular weight is 583 g/mol. The number of amides is 4. The number of carbonyl (C=O) groups excluding carboxylic acids is 5. The summed E-state index contributed by atoms with van der Waals surface area (Å²) in [6.07, 6.45) is 8.10. The van der Waals surface area contributed by atoms with Crippen molar-refractivity contribution in [2.45, 2.75) is 89.8 Å². The van der Waals surface area contributed by atoms with E-state index >= 15 is 0 Å². The van der Waals surface area contributed by atoms with Crippen molar-refractivity contribution in [3.05, 3.63) is 35.2 Å². The Morgan fingerprint density at radius 2 is 1.78 bits per heavy atom. The summed E-state index contributed by atoms with van der Waals surface area (Å²) in [6, 6.07) is 7.14. The molecule has 1 saturated heterocycles. The minimum Gasteiger partial charge on any atom is -0.356 e. The fraction of sp³-hybridized carbons (Fsp3) is 0.581. The topological polar surface area (TPSA) is 133 Å². The first-order valence-electron chi connectivity index (χ1n) is 14.9. The van der Waals surface area contributed by atoms with Gasteiger partial charge in [-0.05, 0) is 55.0 Å². The Kier molecular flexibility index (Phi) is 10.9. The minimum absolute atomic E-state index is 0.0131.